The number of fused-ring (bicyclic) bond motifs is 1. The first-order chi connectivity index (χ1) is 9.38. The highest BCUT2D eigenvalue weighted by atomic mass is 32.1. The number of benzene rings is 1. The molecule has 0 unspecified atom stereocenters. The number of thiophene rings is 1. The van der Waals surface area contributed by atoms with Gasteiger partial charge in [-0.15, -0.1) is 21.5 Å². The Kier molecular flexibility index (Phi) is 3.57. The van der Waals surface area contributed by atoms with E-state index in [2.05, 4.69) is 40.0 Å². The highest BCUT2D eigenvalue weighted by Gasteiger charge is 2.12. The van der Waals surface area contributed by atoms with Gasteiger partial charge in [0.15, 0.2) is 0 Å². The van der Waals surface area contributed by atoms with E-state index < -0.39 is 0 Å². The van der Waals surface area contributed by atoms with Crippen LogP contribution in [0.25, 0.3) is 21.5 Å². The Labute approximate surface area is 115 Å². The minimum atomic E-state index is 0.603. The molecule has 3 rings (SSSR count). The van der Waals surface area contributed by atoms with Gasteiger partial charge >= 0.3 is 0 Å². The maximum Gasteiger partial charge on any atom is 0.249 e. The summed E-state index contributed by atoms with van der Waals surface area (Å²) in [4.78, 5) is 0. The Balaban J connectivity index is 1.86. The smallest absolute Gasteiger partial charge is 0.249 e. The number of rotatable bonds is 5. The Bertz CT molecular complexity index is 674. The highest BCUT2D eigenvalue weighted by Crippen LogP contribution is 2.32. The van der Waals surface area contributed by atoms with Crippen LogP contribution in [0.1, 0.15) is 19.2 Å². The van der Waals surface area contributed by atoms with Crippen molar-refractivity contribution in [3.63, 3.8) is 0 Å². The van der Waals surface area contributed by atoms with Gasteiger partial charge < -0.3 is 9.73 Å². The molecule has 0 spiro atoms. The van der Waals surface area contributed by atoms with Crippen molar-refractivity contribution < 1.29 is 4.42 Å². The van der Waals surface area contributed by atoms with Crippen LogP contribution in [0.4, 0.5) is 0 Å². The maximum atomic E-state index is 5.70. The molecule has 3 aromatic rings. The SMILES string of the molecule is CCCNCc1nnc(-c2csc3ccccc23)o1. The minimum Gasteiger partial charge on any atom is -0.419 e. The van der Waals surface area contributed by atoms with Gasteiger partial charge in [-0.1, -0.05) is 25.1 Å². The van der Waals surface area contributed by atoms with E-state index in [4.69, 9.17) is 4.42 Å². The lowest BCUT2D eigenvalue weighted by atomic mass is 10.2. The predicted octanol–water partition coefficient (Wildman–Crippen LogP) is 3.45. The summed E-state index contributed by atoms with van der Waals surface area (Å²) >= 11 is 1.70. The number of nitrogens with one attached hydrogen (secondary N) is 1. The lowest BCUT2D eigenvalue weighted by Gasteiger charge is -1.96. The summed E-state index contributed by atoms with van der Waals surface area (Å²) in [6.07, 6.45) is 1.09. The summed E-state index contributed by atoms with van der Waals surface area (Å²) in [5.74, 6) is 1.24. The van der Waals surface area contributed by atoms with Gasteiger partial charge in [0.25, 0.3) is 0 Å². The molecule has 0 atom stereocenters. The molecular formula is C14H15N3OS. The molecule has 0 saturated heterocycles. The lowest BCUT2D eigenvalue weighted by Crippen LogP contribution is -2.13. The normalized spacial score (nSPS) is 11.2. The van der Waals surface area contributed by atoms with Crippen molar-refractivity contribution in [3.05, 3.63) is 35.5 Å². The van der Waals surface area contributed by atoms with E-state index in [1.807, 2.05) is 12.1 Å². The lowest BCUT2D eigenvalue weighted by molar-refractivity contribution is 0.478. The van der Waals surface area contributed by atoms with E-state index in [0.717, 1.165) is 18.5 Å². The van der Waals surface area contributed by atoms with Crippen molar-refractivity contribution in [1.82, 2.24) is 15.5 Å². The van der Waals surface area contributed by atoms with Gasteiger partial charge in [0.05, 0.1) is 12.1 Å². The van der Waals surface area contributed by atoms with Gasteiger partial charge in [-0.05, 0) is 19.0 Å². The van der Waals surface area contributed by atoms with Gasteiger partial charge in [0.1, 0.15) is 0 Å². The third-order valence-corrected chi connectivity index (χ3v) is 3.84. The van der Waals surface area contributed by atoms with Crippen molar-refractivity contribution in [1.29, 1.82) is 0 Å². The molecule has 0 fully saturated rings. The molecule has 2 heterocycles. The maximum absolute atomic E-state index is 5.70. The van der Waals surface area contributed by atoms with E-state index in [-0.39, 0.29) is 0 Å². The van der Waals surface area contributed by atoms with Gasteiger partial charge in [-0.3, -0.25) is 0 Å². The molecule has 4 nitrogen and oxygen atoms in total. The molecule has 0 amide bonds. The van der Waals surface area contributed by atoms with Crippen LogP contribution in [0.3, 0.4) is 0 Å². The molecule has 0 radical (unpaired) electrons. The first-order valence-electron chi connectivity index (χ1n) is 6.38. The fraction of sp³-hybridized carbons (Fsp3) is 0.286. The third kappa shape index (κ3) is 2.52. The summed E-state index contributed by atoms with van der Waals surface area (Å²) in [7, 11) is 0. The molecule has 98 valence electrons. The fourth-order valence-electron chi connectivity index (χ4n) is 1.95. The van der Waals surface area contributed by atoms with Crippen molar-refractivity contribution in [2.45, 2.75) is 19.9 Å². The molecule has 0 aliphatic heterocycles. The van der Waals surface area contributed by atoms with Crippen molar-refractivity contribution in [3.8, 4) is 11.5 Å². The van der Waals surface area contributed by atoms with Crippen LogP contribution in [0.15, 0.2) is 34.1 Å². The van der Waals surface area contributed by atoms with E-state index in [0.29, 0.717) is 18.3 Å². The third-order valence-electron chi connectivity index (χ3n) is 2.88. The molecule has 0 saturated carbocycles. The standard InChI is InChI=1S/C14H15N3OS/c1-2-7-15-8-13-16-17-14(18-13)11-9-19-12-6-4-3-5-10(11)12/h3-6,9,15H,2,7-8H2,1H3. The van der Waals surface area contributed by atoms with E-state index >= 15 is 0 Å². The van der Waals surface area contributed by atoms with Crippen LogP contribution in [-0.4, -0.2) is 16.7 Å². The summed E-state index contributed by atoms with van der Waals surface area (Å²) in [5, 5.41) is 14.7. The fourth-order valence-corrected chi connectivity index (χ4v) is 2.88. The molecule has 1 aromatic carbocycles. The minimum absolute atomic E-state index is 0.603. The zero-order valence-electron chi connectivity index (χ0n) is 10.7. The molecule has 2 aromatic heterocycles. The number of aromatic nitrogens is 2. The quantitative estimate of drug-likeness (QED) is 0.723. The molecule has 5 heteroatoms. The van der Waals surface area contributed by atoms with Gasteiger partial charge in [0.2, 0.25) is 11.8 Å². The van der Waals surface area contributed by atoms with Crippen LogP contribution in [0, 0.1) is 0 Å². The van der Waals surface area contributed by atoms with Crippen molar-refractivity contribution in [2.24, 2.45) is 0 Å². The largest absolute Gasteiger partial charge is 0.419 e. The van der Waals surface area contributed by atoms with Gasteiger partial charge in [-0.25, -0.2) is 0 Å². The highest BCUT2D eigenvalue weighted by molar-refractivity contribution is 7.17. The van der Waals surface area contributed by atoms with Gasteiger partial charge in [0, 0.05) is 15.5 Å². The summed E-state index contributed by atoms with van der Waals surface area (Å²) in [5.41, 5.74) is 1.02. The van der Waals surface area contributed by atoms with E-state index in [1.54, 1.807) is 11.3 Å². The van der Waals surface area contributed by atoms with Crippen LogP contribution in [0.2, 0.25) is 0 Å². The molecular weight excluding hydrogens is 258 g/mol. The first kappa shape index (κ1) is 12.3. The Hall–Kier alpha value is -1.72. The second-order valence-corrected chi connectivity index (χ2v) is 5.23. The Morgan fingerprint density at radius 3 is 3.05 bits per heavy atom. The van der Waals surface area contributed by atoms with Crippen LogP contribution < -0.4 is 5.32 Å². The van der Waals surface area contributed by atoms with E-state index in [9.17, 15) is 0 Å². The van der Waals surface area contributed by atoms with Gasteiger partial charge in [-0.2, -0.15) is 0 Å². The van der Waals surface area contributed by atoms with Crippen molar-refractivity contribution >= 4 is 21.4 Å². The van der Waals surface area contributed by atoms with E-state index in [1.165, 1.54) is 10.1 Å². The molecule has 1 N–H and O–H groups in total. The second-order valence-electron chi connectivity index (χ2n) is 4.32. The average Bonchev–Trinajstić information content (AvgIpc) is 3.05. The van der Waals surface area contributed by atoms with Crippen LogP contribution in [-0.2, 0) is 6.54 Å². The molecule has 19 heavy (non-hydrogen) atoms. The molecule has 0 bridgehead atoms. The monoisotopic (exact) mass is 273 g/mol. The topological polar surface area (TPSA) is 51.0 Å². The summed E-state index contributed by atoms with van der Waals surface area (Å²) < 4.78 is 6.94. The Morgan fingerprint density at radius 2 is 2.16 bits per heavy atom. The number of hydrogen-bond acceptors (Lipinski definition) is 5. The zero-order chi connectivity index (χ0) is 13.1. The summed E-state index contributed by atoms with van der Waals surface area (Å²) in [6, 6.07) is 8.25. The van der Waals surface area contributed by atoms with Crippen molar-refractivity contribution in [2.75, 3.05) is 6.54 Å². The molecule has 0 aliphatic carbocycles. The first-order valence-corrected chi connectivity index (χ1v) is 7.26. The number of hydrogen-bond donors (Lipinski definition) is 1. The van der Waals surface area contributed by atoms with Crippen LogP contribution >= 0.6 is 11.3 Å². The number of nitrogens with zero attached hydrogens (tertiary/aromatic N) is 2. The predicted molar refractivity (Wildman–Crippen MR) is 77.1 cm³/mol. The zero-order valence-corrected chi connectivity index (χ0v) is 11.5. The second kappa shape index (κ2) is 5.50. The Morgan fingerprint density at radius 1 is 1.26 bits per heavy atom. The average molecular weight is 273 g/mol. The molecule has 0 aliphatic rings. The van der Waals surface area contributed by atoms with Crippen LogP contribution in [0.5, 0.6) is 0 Å². The summed E-state index contributed by atoms with van der Waals surface area (Å²) in [6.45, 7) is 3.71.